The third-order valence-corrected chi connectivity index (χ3v) is 4.93. The first-order chi connectivity index (χ1) is 7.28. The summed E-state index contributed by atoms with van der Waals surface area (Å²) in [7, 11) is 0. The molecule has 0 N–H and O–H groups in total. The molecule has 0 aliphatic carbocycles. The van der Waals surface area contributed by atoms with Crippen molar-refractivity contribution in [3.05, 3.63) is 0 Å². The minimum atomic E-state index is 0.713. The van der Waals surface area contributed by atoms with E-state index in [1.165, 1.54) is 25.7 Å². The molecule has 0 nitrogen and oxygen atoms in total. The first-order valence-corrected chi connectivity index (χ1v) is 8.84. The van der Waals surface area contributed by atoms with E-state index in [0.717, 1.165) is 23.0 Å². The molecule has 0 amide bonds. The van der Waals surface area contributed by atoms with Crippen molar-refractivity contribution >= 4 is 62.3 Å². The molecule has 0 saturated heterocycles. The van der Waals surface area contributed by atoms with E-state index in [1.807, 2.05) is 0 Å². The molecule has 0 bridgehead atoms. The van der Waals surface area contributed by atoms with E-state index in [-0.39, 0.29) is 0 Å². The van der Waals surface area contributed by atoms with Crippen molar-refractivity contribution in [3.8, 4) is 0 Å². The van der Waals surface area contributed by atoms with Crippen LogP contribution < -0.4 is 0 Å². The van der Waals surface area contributed by atoms with E-state index in [9.17, 15) is 0 Å². The van der Waals surface area contributed by atoms with Gasteiger partial charge in [-0.1, -0.05) is 0 Å². The van der Waals surface area contributed by atoms with Crippen LogP contribution in [0.25, 0.3) is 0 Å². The van der Waals surface area contributed by atoms with Crippen molar-refractivity contribution < 1.29 is 0 Å². The molecule has 0 aromatic carbocycles. The van der Waals surface area contributed by atoms with Gasteiger partial charge in [-0.15, -0.1) is 0 Å². The highest BCUT2D eigenvalue weighted by atomic mass is 32.2. The van der Waals surface area contributed by atoms with Gasteiger partial charge in [0.2, 0.25) is 0 Å². The molecule has 0 fully saturated rings. The Labute approximate surface area is 121 Å². The molecule has 0 rings (SSSR count). The standard InChI is InChI=1S/C10H22S5/c11-5-1-9(2-6-12)15-10(3-7-13)4-8-14/h9-14H,1-8H2. The van der Waals surface area contributed by atoms with Gasteiger partial charge in [-0.25, -0.2) is 0 Å². The first kappa shape index (κ1) is 16.8. The predicted octanol–water partition coefficient (Wildman–Crippen LogP) is 3.74. The Morgan fingerprint density at radius 3 is 1.07 bits per heavy atom. The largest absolute Gasteiger partial charge is 0.179 e. The summed E-state index contributed by atoms with van der Waals surface area (Å²) >= 11 is 19.3. The van der Waals surface area contributed by atoms with Crippen molar-refractivity contribution in [2.75, 3.05) is 23.0 Å². The summed E-state index contributed by atoms with van der Waals surface area (Å²) in [5.41, 5.74) is 0. The Kier molecular flexibility index (Phi) is 13.6. The van der Waals surface area contributed by atoms with Gasteiger partial charge in [-0.2, -0.15) is 62.3 Å². The van der Waals surface area contributed by atoms with Gasteiger partial charge in [0.25, 0.3) is 0 Å². The maximum atomic E-state index is 4.31. The van der Waals surface area contributed by atoms with Gasteiger partial charge in [0.15, 0.2) is 0 Å². The van der Waals surface area contributed by atoms with Crippen molar-refractivity contribution in [1.29, 1.82) is 0 Å². The Bertz CT molecular complexity index is 105. The predicted molar refractivity (Wildman–Crippen MR) is 89.0 cm³/mol. The number of thiol groups is 4. The average molecular weight is 303 g/mol. The van der Waals surface area contributed by atoms with Crippen LogP contribution in [0.3, 0.4) is 0 Å². The number of hydrogen-bond acceptors (Lipinski definition) is 5. The van der Waals surface area contributed by atoms with Crippen LogP contribution in [-0.4, -0.2) is 33.5 Å². The van der Waals surface area contributed by atoms with Crippen LogP contribution in [-0.2, 0) is 0 Å². The average Bonchev–Trinajstić information content (AvgIpc) is 2.19. The minimum absolute atomic E-state index is 0.713. The van der Waals surface area contributed by atoms with E-state index in [2.05, 4.69) is 62.3 Å². The quantitative estimate of drug-likeness (QED) is 0.446. The zero-order valence-corrected chi connectivity index (χ0v) is 13.4. The molecule has 5 heteroatoms. The topological polar surface area (TPSA) is 0 Å². The summed E-state index contributed by atoms with van der Waals surface area (Å²) in [5, 5.41) is 1.43. The fourth-order valence-corrected chi connectivity index (χ4v) is 4.91. The molecule has 92 valence electrons. The smallest absolute Gasteiger partial charge is 0.00653 e. The van der Waals surface area contributed by atoms with Crippen LogP contribution in [0.1, 0.15) is 25.7 Å². The Morgan fingerprint density at radius 2 is 0.867 bits per heavy atom. The molecule has 0 saturated carbocycles. The van der Waals surface area contributed by atoms with Crippen LogP contribution in [0.15, 0.2) is 0 Å². The van der Waals surface area contributed by atoms with Crippen LogP contribution in [0.4, 0.5) is 0 Å². The summed E-state index contributed by atoms with van der Waals surface area (Å²) in [6.45, 7) is 0. The summed E-state index contributed by atoms with van der Waals surface area (Å²) < 4.78 is 0. The molecule has 0 spiro atoms. The van der Waals surface area contributed by atoms with Gasteiger partial charge in [0.1, 0.15) is 0 Å². The van der Waals surface area contributed by atoms with Crippen LogP contribution in [0, 0.1) is 0 Å². The van der Waals surface area contributed by atoms with Crippen LogP contribution in [0.5, 0.6) is 0 Å². The molecule has 0 heterocycles. The highest BCUT2D eigenvalue weighted by Gasteiger charge is 2.15. The SMILES string of the molecule is SCCC(CCS)SC(CCS)CCS. The number of thioether (sulfide) groups is 1. The fourth-order valence-electron chi connectivity index (χ4n) is 1.41. The molecule has 0 aliphatic heterocycles. The number of rotatable bonds is 10. The zero-order valence-electron chi connectivity index (χ0n) is 9.01. The molecule has 0 aliphatic rings. The summed E-state index contributed by atoms with van der Waals surface area (Å²) in [4.78, 5) is 0. The Hall–Kier alpha value is 1.75. The second kappa shape index (κ2) is 12.2. The monoisotopic (exact) mass is 302 g/mol. The van der Waals surface area contributed by atoms with Gasteiger partial charge in [-0.3, -0.25) is 0 Å². The maximum absolute atomic E-state index is 4.31. The van der Waals surface area contributed by atoms with Crippen molar-refractivity contribution in [3.63, 3.8) is 0 Å². The molecular formula is C10H22S5. The van der Waals surface area contributed by atoms with E-state index in [1.54, 1.807) is 0 Å². The second-order valence-electron chi connectivity index (χ2n) is 3.43. The summed E-state index contributed by atoms with van der Waals surface area (Å²) in [6, 6.07) is 0. The van der Waals surface area contributed by atoms with Gasteiger partial charge in [0.05, 0.1) is 0 Å². The van der Waals surface area contributed by atoms with Gasteiger partial charge < -0.3 is 0 Å². The fraction of sp³-hybridized carbons (Fsp3) is 1.00. The molecule has 0 radical (unpaired) electrons. The Morgan fingerprint density at radius 1 is 0.600 bits per heavy atom. The lowest BCUT2D eigenvalue weighted by Crippen LogP contribution is -2.14. The third kappa shape index (κ3) is 9.45. The van der Waals surface area contributed by atoms with E-state index in [4.69, 9.17) is 0 Å². The second-order valence-corrected chi connectivity index (χ2v) is 6.82. The van der Waals surface area contributed by atoms with Crippen molar-refractivity contribution in [2.45, 2.75) is 36.2 Å². The highest BCUT2D eigenvalue weighted by molar-refractivity contribution is 8.00. The van der Waals surface area contributed by atoms with E-state index >= 15 is 0 Å². The zero-order chi connectivity index (χ0) is 11.5. The highest BCUT2D eigenvalue weighted by Crippen LogP contribution is 2.28. The summed E-state index contributed by atoms with van der Waals surface area (Å²) in [5.74, 6) is 3.89. The first-order valence-electron chi connectivity index (χ1n) is 5.37. The van der Waals surface area contributed by atoms with Crippen molar-refractivity contribution in [2.24, 2.45) is 0 Å². The molecule has 0 unspecified atom stereocenters. The van der Waals surface area contributed by atoms with Gasteiger partial charge in [0, 0.05) is 10.5 Å². The van der Waals surface area contributed by atoms with E-state index < -0.39 is 0 Å². The lowest BCUT2D eigenvalue weighted by molar-refractivity contribution is 0.766. The molecule has 0 aromatic heterocycles. The third-order valence-electron chi connectivity index (χ3n) is 2.19. The minimum Gasteiger partial charge on any atom is -0.179 e. The number of hydrogen-bond donors (Lipinski definition) is 4. The van der Waals surface area contributed by atoms with Gasteiger partial charge >= 0.3 is 0 Å². The molecule has 0 aromatic rings. The van der Waals surface area contributed by atoms with Crippen LogP contribution >= 0.6 is 62.3 Å². The normalized spacial score (nSPS) is 11.6. The van der Waals surface area contributed by atoms with Gasteiger partial charge in [-0.05, 0) is 48.7 Å². The van der Waals surface area contributed by atoms with E-state index in [0.29, 0.717) is 10.5 Å². The molecular weight excluding hydrogens is 280 g/mol. The lowest BCUT2D eigenvalue weighted by Gasteiger charge is -2.21. The lowest BCUT2D eigenvalue weighted by atomic mass is 10.2. The Balaban J connectivity index is 3.93. The summed E-state index contributed by atoms with van der Waals surface area (Å²) in [6.07, 6.45) is 4.74. The van der Waals surface area contributed by atoms with Crippen molar-refractivity contribution in [1.82, 2.24) is 0 Å². The molecule has 15 heavy (non-hydrogen) atoms. The van der Waals surface area contributed by atoms with Crippen LogP contribution in [0.2, 0.25) is 0 Å². The molecule has 0 atom stereocenters. The maximum Gasteiger partial charge on any atom is 0.00653 e.